The summed E-state index contributed by atoms with van der Waals surface area (Å²) in [5.74, 6) is -0.0434. The summed E-state index contributed by atoms with van der Waals surface area (Å²) < 4.78 is 5.09. The number of carbonyl (C=O) groups is 2. The van der Waals surface area contributed by atoms with Crippen LogP contribution in [-0.2, 0) is 5.41 Å². The molecule has 0 saturated carbocycles. The Kier molecular flexibility index (Phi) is 5.21. The van der Waals surface area contributed by atoms with E-state index in [1.165, 1.54) is 11.8 Å². The molecule has 1 unspecified atom stereocenters. The third kappa shape index (κ3) is 4.09. The minimum atomic E-state index is -0.316. The molecular formula is C24H24N2O3. The van der Waals surface area contributed by atoms with Crippen LogP contribution < -0.4 is 5.32 Å². The van der Waals surface area contributed by atoms with Gasteiger partial charge in [-0.2, -0.15) is 0 Å². The van der Waals surface area contributed by atoms with Crippen LogP contribution in [0.1, 0.15) is 46.2 Å². The Morgan fingerprint density at radius 2 is 1.76 bits per heavy atom. The number of amides is 2. The van der Waals surface area contributed by atoms with E-state index in [4.69, 9.17) is 4.42 Å². The van der Waals surface area contributed by atoms with Crippen molar-refractivity contribution in [1.29, 1.82) is 0 Å². The lowest BCUT2D eigenvalue weighted by molar-refractivity contribution is 0.0651. The van der Waals surface area contributed by atoms with Crippen LogP contribution in [0.5, 0.6) is 0 Å². The van der Waals surface area contributed by atoms with Crippen molar-refractivity contribution < 1.29 is 14.0 Å². The van der Waals surface area contributed by atoms with Crippen LogP contribution in [-0.4, -0.2) is 29.8 Å². The van der Waals surface area contributed by atoms with Gasteiger partial charge in [0.15, 0.2) is 5.76 Å². The van der Waals surface area contributed by atoms with Crippen LogP contribution in [0.15, 0.2) is 77.4 Å². The number of nitrogens with one attached hydrogen (secondary N) is 1. The Morgan fingerprint density at radius 3 is 2.45 bits per heavy atom. The second-order valence-corrected chi connectivity index (χ2v) is 7.77. The maximum atomic E-state index is 13.1. The average Bonchev–Trinajstić information content (AvgIpc) is 3.30. The summed E-state index contributed by atoms with van der Waals surface area (Å²) in [6.07, 6.45) is 3.51. The highest BCUT2D eigenvalue weighted by Gasteiger charge is 2.34. The number of benzene rings is 2. The van der Waals surface area contributed by atoms with Crippen LogP contribution in [0.2, 0.25) is 0 Å². The summed E-state index contributed by atoms with van der Waals surface area (Å²) in [5, 5.41) is 2.77. The average molecular weight is 388 g/mol. The molecule has 1 N–H and O–H groups in total. The summed E-state index contributed by atoms with van der Waals surface area (Å²) in [6, 6.07) is 20.7. The SMILES string of the molecule is CC1(c2ccccc2)CCCN(C(=O)c2ccc(NC(=O)c3ccco3)cc2)C1. The second kappa shape index (κ2) is 7.95. The fourth-order valence-corrected chi connectivity index (χ4v) is 3.97. The predicted molar refractivity (Wildman–Crippen MR) is 112 cm³/mol. The van der Waals surface area contributed by atoms with E-state index in [1.54, 1.807) is 36.4 Å². The Hall–Kier alpha value is -3.34. The second-order valence-electron chi connectivity index (χ2n) is 7.77. The Labute approximate surface area is 170 Å². The van der Waals surface area contributed by atoms with Gasteiger partial charge in [0.2, 0.25) is 0 Å². The first kappa shape index (κ1) is 19.0. The molecule has 1 aromatic heterocycles. The van der Waals surface area contributed by atoms with Crippen molar-refractivity contribution in [3.63, 3.8) is 0 Å². The lowest BCUT2D eigenvalue weighted by Crippen LogP contribution is -2.47. The van der Waals surface area contributed by atoms with Crippen LogP contribution >= 0.6 is 0 Å². The quantitative estimate of drug-likeness (QED) is 0.703. The monoisotopic (exact) mass is 388 g/mol. The number of hydrogen-bond acceptors (Lipinski definition) is 3. The number of furan rings is 1. The normalized spacial score (nSPS) is 19.0. The molecule has 4 rings (SSSR count). The lowest BCUT2D eigenvalue weighted by atomic mass is 9.76. The van der Waals surface area contributed by atoms with Crippen molar-refractivity contribution in [3.05, 3.63) is 89.9 Å². The molecule has 1 fully saturated rings. The van der Waals surface area contributed by atoms with E-state index in [1.807, 2.05) is 11.0 Å². The van der Waals surface area contributed by atoms with Gasteiger partial charge in [-0.15, -0.1) is 0 Å². The summed E-state index contributed by atoms with van der Waals surface area (Å²) in [4.78, 5) is 27.1. The number of nitrogens with zero attached hydrogens (tertiary/aromatic N) is 1. The van der Waals surface area contributed by atoms with Gasteiger partial charge >= 0.3 is 0 Å². The van der Waals surface area contributed by atoms with E-state index in [2.05, 4.69) is 36.5 Å². The molecule has 5 nitrogen and oxygen atoms in total. The van der Waals surface area contributed by atoms with Crippen molar-refractivity contribution in [2.24, 2.45) is 0 Å². The first-order chi connectivity index (χ1) is 14.0. The van der Waals surface area contributed by atoms with Gasteiger partial charge in [-0.25, -0.2) is 0 Å². The molecule has 2 heterocycles. The third-order valence-corrected chi connectivity index (χ3v) is 5.59. The molecule has 3 aromatic rings. The highest BCUT2D eigenvalue weighted by Crippen LogP contribution is 2.34. The lowest BCUT2D eigenvalue weighted by Gasteiger charge is -2.41. The van der Waals surface area contributed by atoms with Crippen LogP contribution in [0, 0.1) is 0 Å². The summed E-state index contributed by atoms with van der Waals surface area (Å²) in [6.45, 7) is 3.69. The van der Waals surface area contributed by atoms with Crippen molar-refractivity contribution >= 4 is 17.5 Å². The first-order valence-corrected chi connectivity index (χ1v) is 9.85. The molecule has 5 heteroatoms. The number of piperidine rings is 1. The largest absolute Gasteiger partial charge is 0.459 e. The van der Waals surface area contributed by atoms with Crippen molar-refractivity contribution in [3.8, 4) is 0 Å². The topological polar surface area (TPSA) is 62.6 Å². The van der Waals surface area contributed by atoms with Gasteiger partial charge in [-0.05, 0) is 54.8 Å². The third-order valence-electron chi connectivity index (χ3n) is 5.59. The Bertz CT molecular complexity index is 981. The van der Waals surface area contributed by atoms with Gasteiger partial charge < -0.3 is 14.6 Å². The molecule has 0 spiro atoms. The van der Waals surface area contributed by atoms with Crippen LogP contribution in [0.4, 0.5) is 5.69 Å². The predicted octanol–water partition coefficient (Wildman–Crippen LogP) is 4.73. The van der Waals surface area contributed by atoms with Crippen molar-refractivity contribution in [1.82, 2.24) is 4.90 Å². The molecule has 29 heavy (non-hydrogen) atoms. The molecule has 1 atom stereocenters. The zero-order chi connectivity index (χ0) is 20.3. The van der Waals surface area contributed by atoms with E-state index in [0.717, 1.165) is 19.4 Å². The number of hydrogen-bond donors (Lipinski definition) is 1. The highest BCUT2D eigenvalue weighted by molar-refractivity contribution is 6.02. The van der Waals surface area contributed by atoms with E-state index in [0.29, 0.717) is 17.8 Å². The van der Waals surface area contributed by atoms with Gasteiger partial charge in [0, 0.05) is 29.8 Å². The van der Waals surface area contributed by atoms with Gasteiger partial charge in [0.1, 0.15) is 0 Å². The van der Waals surface area contributed by atoms with E-state index >= 15 is 0 Å². The first-order valence-electron chi connectivity index (χ1n) is 9.85. The minimum absolute atomic E-state index is 0.0239. The van der Waals surface area contributed by atoms with Crippen molar-refractivity contribution in [2.75, 3.05) is 18.4 Å². The molecular weight excluding hydrogens is 364 g/mol. The fourth-order valence-electron chi connectivity index (χ4n) is 3.97. The van der Waals surface area contributed by atoms with E-state index in [-0.39, 0.29) is 23.0 Å². The Balaban J connectivity index is 1.44. The number of carbonyl (C=O) groups excluding carboxylic acids is 2. The van der Waals surface area contributed by atoms with Gasteiger partial charge in [-0.1, -0.05) is 37.3 Å². The smallest absolute Gasteiger partial charge is 0.291 e. The maximum Gasteiger partial charge on any atom is 0.291 e. The zero-order valence-corrected chi connectivity index (χ0v) is 16.4. The van der Waals surface area contributed by atoms with Crippen molar-refractivity contribution in [2.45, 2.75) is 25.2 Å². The summed E-state index contributed by atoms with van der Waals surface area (Å²) in [7, 11) is 0. The van der Waals surface area contributed by atoms with Gasteiger partial charge in [0.05, 0.1) is 6.26 Å². The van der Waals surface area contributed by atoms with Gasteiger partial charge in [-0.3, -0.25) is 9.59 Å². The summed E-state index contributed by atoms with van der Waals surface area (Å²) >= 11 is 0. The molecule has 1 aliphatic heterocycles. The van der Waals surface area contributed by atoms with Crippen LogP contribution in [0.3, 0.4) is 0 Å². The standard InChI is InChI=1S/C24H24N2O3/c1-24(19-7-3-2-4-8-19)14-6-15-26(17-24)23(28)18-10-12-20(13-11-18)25-22(27)21-9-5-16-29-21/h2-5,7-13,16H,6,14-15,17H2,1H3,(H,25,27). The van der Waals surface area contributed by atoms with E-state index in [9.17, 15) is 9.59 Å². The molecule has 2 aromatic carbocycles. The molecule has 0 bridgehead atoms. The molecule has 0 aliphatic carbocycles. The molecule has 2 amide bonds. The zero-order valence-electron chi connectivity index (χ0n) is 16.4. The number of anilines is 1. The van der Waals surface area contributed by atoms with Crippen LogP contribution in [0.25, 0.3) is 0 Å². The Morgan fingerprint density at radius 1 is 1.00 bits per heavy atom. The molecule has 148 valence electrons. The maximum absolute atomic E-state index is 13.1. The summed E-state index contributed by atoms with van der Waals surface area (Å²) in [5.41, 5.74) is 2.48. The molecule has 0 radical (unpaired) electrons. The number of rotatable bonds is 4. The molecule has 1 aliphatic rings. The fraction of sp³-hybridized carbons (Fsp3) is 0.250. The number of likely N-dealkylation sites (tertiary alicyclic amines) is 1. The van der Waals surface area contributed by atoms with Gasteiger partial charge in [0.25, 0.3) is 11.8 Å². The highest BCUT2D eigenvalue weighted by atomic mass is 16.3. The van der Waals surface area contributed by atoms with E-state index < -0.39 is 0 Å². The minimum Gasteiger partial charge on any atom is -0.459 e. The molecule has 1 saturated heterocycles.